The highest BCUT2D eigenvalue weighted by Gasteiger charge is 2.22. The zero-order chi connectivity index (χ0) is 17.1. The monoisotopic (exact) mass is 343 g/mol. The molecule has 2 aromatic carbocycles. The first-order valence-electron chi connectivity index (χ1n) is 7.05. The molecule has 0 atom stereocenters. The minimum absolute atomic E-state index is 0.0667. The number of benzene rings is 2. The summed E-state index contributed by atoms with van der Waals surface area (Å²) in [6, 6.07) is 13.6. The molecular weight excluding hydrogens is 330 g/mol. The standard InChI is InChI=1S/C17H13NO5S/c1-24-13-6-7-15(18(20)21)14(9-13)17(19)22-10-12-8-11-4-2-3-5-16(11)23-12/h2-9H,10H2,1H3. The van der Waals surface area contributed by atoms with Crippen molar-refractivity contribution >= 4 is 34.4 Å². The number of carbonyl (C=O) groups is 1. The summed E-state index contributed by atoms with van der Waals surface area (Å²) < 4.78 is 10.7. The van der Waals surface area contributed by atoms with Crippen molar-refractivity contribution in [3.05, 3.63) is 70.0 Å². The number of para-hydroxylation sites is 1. The number of nitrogens with zero attached hydrogens (tertiary/aromatic N) is 1. The Labute approximate surface area is 141 Å². The van der Waals surface area contributed by atoms with Crippen LogP contribution < -0.4 is 0 Å². The fourth-order valence-corrected chi connectivity index (χ4v) is 2.73. The van der Waals surface area contributed by atoms with E-state index in [4.69, 9.17) is 9.15 Å². The number of esters is 1. The van der Waals surface area contributed by atoms with Crippen molar-refractivity contribution in [1.29, 1.82) is 0 Å². The second-order valence-electron chi connectivity index (χ2n) is 4.97. The fourth-order valence-electron chi connectivity index (χ4n) is 2.29. The van der Waals surface area contributed by atoms with Crippen LogP contribution in [0.3, 0.4) is 0 Å². The third-order valence-electron chi connectivity index (χ3n) is 3.44. The van der Waals surface area contributed by atoms with Crippen LogP contribution in [-0.4, -0.2) is 17.1 Å². The van der Waals surface area contributed by atoms with Gasteiger partial charge in [0.05, 0.1) is 4.92 Å². The largest absolute Gasteiger partial charge is 0.457 e. The first-order chi connectivity index (χ1) is 11.6. The molecule has 0 aliphatic carbocycles. The zero-order valence-electron chi connectivity index (χ0n) is 12.7. The first kappa shape index (κ1) is 16.1. The number of fused-ring (bicyclic) bond motifs is 1. The van der Waals surface area contributed by atoms with E-state index in [1.807, 2.05) is 30.5 Å². The van der Waals surface area contributed by atoms with Crippen molar-refractivity contribution in [3.8, 4) is 0 Å². The van der Waals surface area contributed by atoms with Gasteiger partial charge in [0.25, 0.3) is 5.69 Å². The summed E-state index contributed by atoms with van der Waals surface area (Å²) in [4.78, 5) is 23.5. The molecule has 0 aliphatic rings. The maximum atomic E-state index is 12.2. The molecule has 122 valence electrons. The quantitative estimate of drug-likeness (QED) is 0.295. The van der Waals surface area contributed by atoms with Gasteiger partial charge in [0, 0.05) is 16.3 Å². The van der Waals surface area contributed by atoms with Crippen molar-refractivity contribution in [1.82, 2.24) is 0 Å². The highest BCUT2D eigenvalue weighted by molar-refractivity contribution is 7.98. The molecule has 0 amide bonds. The van der Waals surface area contributed by atoms with E-state index < -0.39 is 10.9 Å². The predicted octanol–water partition coefficient (Wildman–Crippen LogP) is 4.42. The van der Waals surface area contributed by atoms with E-state index in [0.29, 0.717) is 11.3 Å². The Morgan fingerprint density at radius 3 is 2.75 bits per heavy atom. The molecule has 7 heteroatoms. The molecule has 0 saturated heterocycles. The Morgan fingerprint density at radius 2 is 2.04 bits per heavy atom. The van der Waals surface area contributed by atoms with Crippen molar-refractivity contribution in [2.45, 2.75) is 11.5 Å². The summed E-state index contributed by atoms with van der Waals surface area (Å²) >= 11 is 1.39. The summed E-state index contributed by atoms with van der Waals surface area (Å²) in [6.07, 6.45) is 1.82. The van der Waals surface area contributed by atoms with Crippen LogP contribution in [0.2, 0.25) is 0 Å². The smallest absolute Gasteiger partial charge is 0.345 e. The van der Waals surface area contributed by atoms with Gasteiger partial charge in [-0.3, -0.25) is 10.1 Å². The molecule has 0 bridgehead atoms. The van der Waals surface area contributed by atoms with Crippen LogP contribution in [0.4, 0.5) is 5.69 Å². The Bertz CT molecular complexity index is 885. The maximum Gasteiger partial charge on any atom is 0.345 e. The average Bonchev–Trinajstić information content (AvgIpc) is 3.01. The Kier molecular flexibility index (Phi) is 4.52. The average molecular weight is 343 g/mol. The van der Waals surface area contributed by atoms with Crippen molar-refractivity contribution < 1.29 is 18.9 Å². The number of rotatable bonds is 5. The molecule has 0 unspecified atom stereocenters. The second-order valence-corrected chi connectivity index (χ2v) is 5.85. The Morgan fingerprint density at radius 1 is 1.25 bits per heavy atom. The SMILES string of the molecule is CSc1ccc([N+](=O)[O-])c(C(=O)OCc2cc3ccccc3o2)c1. The number of thioether (sulfide) groups is 1. The van der Waals surface area contributed by atoms with Gasteiger partial charge in [0.2, 0.25) is 0 Å². The lowest BCUT2D eigenvalue weighted by atomic mass is 10.2. The highest BCUT2D eigenvalue weighted by atomic mass is 32.2. The van der Waals surface area contributed by atoms with Crippen molar-refractivity contribution in [2.24, 2.45) is 0 Å². The summed E-state index contributed by atoms with van der Waals surface area (Å²) in [7, 11) is 0. The highest BCUT2D eigenvalue weighted by Crippen LogP contribution is 2.26. The molecule has 1 aromatic heterocycles. The van der Waals surface area contributed by atoms with Crippen LogP contribution in [0.1, 0.15) is 16.1 Å². The van der Waals surface area contributed by atoms with Gasteiger partial charge in [-0.2, -0.15) is 0 Å². The van der Waals surface area contributed by atoms with Gasteiger partial charge in [0.15, 0.2) is 0 Å². The molecule has 0 fully saturated rings. The number of ether oxygens (including phenoxy) is 1. The van der Waals surface area contributed by atoms with Crippen LogP contribution in [0.5, 0.6) is 0 Å². The number of carbonyl (C=O) groups excluding carboxylic acids is 1. The number of hydrogen-bond donors (Lipinski definition) is 0. The topological polar surface area (TPSA) is 82.6 Å². The molecule has 0 saturated carbocycles. The number of nitro groups is 1. The van der Waals surface area contributed by atoms with E-state index in [0.717, 1.165) is 10.3 Å². The Balaban J connectivity index is 1.80. The lowest BCUT2D eigenvalue weighted by Crippen LogP contribution is -2.08. The van der Waals surface area contributed by atoms with E-state index in [-0.39, 0.29) is 17.9 Å². The summed E-state index contributed by atoms with van der Waals surface area (Å²) in [5.41, 5.74) is 0.351. The van der Waals surface area contributed by atoms with Gasteiger partial charge in [0.1, 0.15) is 23.5 Å². The Hall–Kier alpha value is -2.80. The van der Waals surface area contributed by atoms with Gasteiger partial charge >= 0.3 is 5.97 Å². The molecule has 3 aromatic rings. The van der Waals surface area contributed by atoms with Crippen molar-refractivity contribution in [3.63, 3.8) is 0 Å². The summed E-state index contributed by atoms with van der Waals surface area (Å²) in [5, 5.41) is 12.0. The molecule has 6 nitrogen and oxygen atoms in total. The molecule has 0 aliphatic heterocycles. The molecule has 0 spiro atoms. The molecule has 0 radical (unpaired) electrons. The maximum absolute atomic E-state index is 12.2. The van der Waals surface area contributed by atoms with Gasteiger partial charge in [-0.05, 0) is 30.5 Å². The zero-order valence-corrected chi connectivity index (χ0v) is 13.5. The first-order valence-corrected chi connectivity index (χ1v) is 8.28. The number of nitro benzene ring substituents is 1. The van der Waals surface area contributed by atoms with Crippen LogP contribution in [-0.2, 0) is 11.3 Å². The second kappa shape index (κ2) is 6.76. The normalized spacial score (nSPS) is 10.7. The van der Waals surface area contributed by atoms with Gasteiger partial charge < -0.3 is 9.15 Å². The molecule has 24 heavy (non-hydrogen) atoms. The third-order valence-corrected chi connectivity index (χ3v) is 4.17. The van der Waals surface area contributed by atoms with E-state index in [9.17, 15) is 14.9 Å². The molecule has 1 heterocycles. The van der Waals surface area contributed by atoms with Gasteiger partial charge in [-0.25, -0.2) is 4.79 Å². The number of furan rings is 1. The molecule has 3 rings (SSSR count). The lowest BCUT2D eigenvalue weighted by molar-refractivity contribution is -0.385. The molecule has 0 N–H and O–H groups in total. The van der Waals surface area contributed by atoms with Crippen LogP contribution in [0.15, 0.2) is 57.8 Å². The minimum Gasteiger partial charge on any atom is -0.457 e. The lowest BCUT2D eigenvalue weighted by Gasteiger charge is -2.05. The summed E-state index contributed by atoms with van der Waals surface area (Å²) in [5.74, 6) is -0.272. The van der Waals surface area contributed by atoms with Crippen molar-refractivity contribution in [2.75, 3.05) is 6.26 Å². The minimum atomic E-state index is -0.752. The van der Waals surface area contributed by atoms with Crippen LogP contribution in [0.25, 0.3) is 11.0 Å². The van der Waals surface area contributed by atoms with Gasteiger partial charge in [-0.1, -0.05) is 18.2 Å². The van der Waals surface area contributed by atoms with Crippen LogP contribution >= 0.6 is 11.8 Å². The van der Waals surface area contributed by atoms with E-state index >= 15 is 0 Å². The summed E-state index contributed by atoms with van der Waals surface area (Å²) in [6.45, 7) is -0.0891. The third kappa shape index (κ3) is 3.26. The van der Waals surface area contributed by atoms with Gasteiger partial charge in [-0.15, -0.1) is 11.8 Å². The van der Waals surface area contributed by atoms with Crippen LogP contribution in [0, 0.1) is 10.1 Å². The fraction of sp³-hybridized carbons (Fsp3) is 0.118. The molecular formula is C17H13NO5S. The number of hydrogen-bond acceptors (Lipinski definition) is 6. The van der Waals surface area contributed by atoms with E-state index in [2.05, 4.69) is 0 Å². The predicted molar refractivity (Wildman–Crippen MR) is 90.2 cm³/mol. The van der Waals surface area contributed by atoms with E-state index in [1.54, 1.807) is 12.1 Å². The van der Waals surface area contributed by atoms with E-state index in [1.165, 1.54) is 23.9 Å².